The quantitative estimate of drug-likeness (QED) is 0.0630. The molecule has 0 radical (unpaired) electrons. The monoisotopic (exact) mass is 554 g/mol. The maximum atomic E-state index is 12.4. The van der Waals surface area contributed by atoms with Crippen LogP contribution in [-0.4, -0.2) is 37.9 Å². The van der Waals surface area contributed by atoms with Crippen molar-refractivity contribution in [3.63, 3.8) is 0 Å². The third-order valence-electron chi connectivity index (χ3n) is 7.35. The molecule has 0 aromatic carbocycles. The van der Waals surface area contributed by atoms with Gasteiger partial charge in [0, 0.05) is 19.4 Å². The Morgan fingerprint density at radius 3 is 1.26 bits per heavy atom. The molecule has 0 amide bonds. The number of rotatable bonds is 31. The van der Waals surface area contributed by atoms with Gasteiger partial charge in [-0.3, -0.25) is 9.59 Å². The highest BCUT2D eigenvalue weighted by atomic mass is 16.6. The summed E-state index contributed by atoms with van der Waals surface area (Å²) in [5, 5.41) is 0. The molecule has 0 spiro atoms. The second-order valence-electron chi connectivity index (χ2n) is 11.4. The second kappa shape index (κ2) is 31.4. The number of carbonyl (C=O) groups excluding carboxylic acids is 2. The molecule has 0 bridgehead atoms. The first-order valence-electron chi connectivity index (χ1n) is 17.1. The molecule has 0 aromatic heterocycles. The topological polar surface area (TPSA) is 61.8 Å². The number of ether oxygens (including phenoxy) is 3. The molecule has 0 aromatic rings. The highest BCUT2D eigenvalue weighted by molar-refractivity contribution is 5.70. The lowest BCUT2D eigenvalue weighted by molar-refractivity contribution is -0.162. The Bertz CT molecular complexity index is 522. The molecule has 5 heteroatoms. The number of esters is 2. The molecule has 0 aliphatic heterocycles. The Balaban J connectivity index is 3.87. The summed E-state index contributed by atoms with van der Waals surface area (Å²) in [5.74, 6) is -0.412. The lowest BCUT2D eigenvalue weighted by Crippen LogP contribution is -2.30. The van der Waals surface area contributed by atoms with Gasteiger partial charge in [-0.1, -0.05) is 149 Å². The van der Waals surface area contributed by atoms with Crippen LogP contribution in [-0.2, 0) is 23.8 Å². The van der Waals surface area contributed by atoms with Crippen molar-refractivity contribution in [2.45, 2.75) is 187 Å². The van der Waals surface area contributed by atoms with Gasteiger partial charge in [-0.15, -0.1) is 0 Å². The van der Waals surface area contributed by atoms with Crippen molar-refractivity contribution >= 4 is 11.9 Å². The second-order valence-corrected chi connectivity index (χ2v) is 11.4. The summed E-state index contributed by atoms with van der Waals surface area (Å²) in [4.78, 5) is 24.6. The van der Waals surface area contributed by atoms with Crippen LogP contribution >= 0.6 is 0 Å². The van der Waals surface area contributed by atoms with Gasteiger partial charge in [-0.05, 0) is 19.3 Å². The molecule has 0 saturated carbocycles. The third-order valence-corrected chi connectivity index (χ3v) is 7.35. The maximum absolute atomic E-state index is 12.4. The molecular weight excluding hydrogens is 488 g/mol. The Morgan fingerprint density at radius 2 is 0.846 bits per heavy atom. The summed E-state index contributed by atoms with van der Waals surface area (Å²) in [6.45, 7) is 7.53. The van der Waals surface area contributed by atoms with Gasteiger partial charge in [0.25, 0.3) is 0 Å². The van der Waals surface area contributed by atoms with Gasteiger partial charge < -0.3 is 14.2 Å². The van der Waals surface area contributed by atoms with Crippen molar-refractivity contribution in [3.05, 3.63) is 0 Å². The Kier molecular flexibility index (Phi) is 30.5. The van der Waals surface area contributed by atoms with Gasteiger partial charge in [0.1, 0.15) is 6.61 Å². The summed E-state index contributed by atoms with van der Waals surface area (Å²) < 4.78 is 16.6. The van der Waals surface area contributed by atoms with Crippen LogP contribution in [0.1, 0.15) is 181 Å². The number of unbranched alkanes of at least 4 members (excludes halogenated alkanes) is 20. The minimum atomic E-state index is -0.516. The van der Waals surface area contributed by atoms with Gasteiger partial charge in [-0.2, -0.15) is 0 Å². The SMILES string of the molecule is CCCCCCCCCCCCCC(=O)OCC(COCCC)OC(=O)CCCCCCCCCCCCC. The molecular formula is C34H66O5. The van der Waals surface area contributed by atoms with E-state index in [9.17, 15) is 9.59 Å². The van der Waals surface area contributed by atoms with Crippen LogP contribution in [0.2, 0.25) is 0 Å². The largest absolute Gasteiger partial charge is 0.462 e. The first-order valence-corrected chi connectivity index (χ1v) is 17.1. The molecule has 5 nitrogen and oxygen atoms in total. The van der Waals surface area contributed by atoms with Gasteiger partial charge >= 0.3 is 11.9 Å². The molecule has 0 heterocycles. The Labute approximate surface area is 242 Å². The fraction of sp³-hybridized carbons (Fsp3) is 0.941. The van der Waals surface area contributed by atoms with Gasteiger partial charge in [-0.25, -0.2) is 0 Å². The predicted molar refractivity (Wildman–Crippen MR) is 164 cm³/mol. The van der Waals surface area contributed by atoms with E-state index in [4.69, 9.17) is 14.2 Å². The zero-order chi connectivity index (χ0) is 28.7. The molecule has 0 saturated heterocycles. The lowest BCUT2D eigenvalue weighted by atomic mass is 10.1. The van der Waals surface area contributed by atoms with E-state index in [1.54, 1.807) is 0 Å². The predicted octanol–water partition coefficient (Wildman–Crippen LogP) is 10.3. The van der Waals surface area contributed by atoms with Gasteiger partial charge in [0.2, 0.25) is 0 Å². The number of hydrogen-bond acceptors (Lipinski definition) is 5. The van der Waals surface area contributed by atoms with Crippen molar-refractivity contribution in [1.29, 1.82) is 0 Å². The van der Waals surface area contributed by atoms with E-state index >= 15 is 0 Å². The molecule has 0 N–H and O–H groups in total. The summed E-state index contributed by atoms with van der Waals surface area (Å²) >= 11 is 0. The first kappa shape index (κ1) is 37.9. The van der Waals surface area contributed by atoms with Crippen LogP contribution in [0, 0.1) is 0 Å². The van der Waals surface area contributed by atoms with Crippen LogP contribution in [0.4, 0.5) is 0 Å². The minimum Gasteiger partial charge on any atom is -0.462 e. The Hall–Kier alpha value is -1.10. The fourth-order valence-corrected chi connectivity index (χ4v) is 4.85. The summed E-state index contributed by atoms with van der Waals surface area (Å²) in [6.07, 6.45) is 28.8. The lowest BCUT2D eigenvalue weighted by Gasteiger charge is -2.18. The maximum Gasteiger partial charge on any atom is 0.306 e. The fourth-order valence-electron chi connectivity index (χ4n) is 4.85. The number of hydrogen-bond donors (Lipinski definition) is 0. The molecule has 0 aliphatic rings. The van der Waals surface area contributed by atoms with Crippen molar-refractivity contribution < 1.29 is 23.8 Å². The van der Waals surface area contributed by atoms with Crippen LogP contribution < -0.4 is 0 Å². The molecule has 0 rings (SSSR count). The molecule has 1 unspecified atom stereocenters. The van der Waals surface area contributed by atoms with Gasteiger partial charge in [0.05, 0.1) is 6.61 Å². The molecule has 232 valence electrons. The number of carbonyl (C=O) groups is 2. The van der Waals surface area contributed by atoms with E-state index < -0.39 is 6.10 Å². The summed E-state index contributed by atoms with van der Waals surface area (Å²) in [5.41, 5.74) is 0. The molecule has 0 aliphatic carbocycles. The van der Waals surface area contributed by atoms with E-state index in [0.29, 0.717) is 19.4 Å². The average molecular weight is 555 g/mol. The zero-order valence-electron chi connectivity index (χ0n) is 26.4. The zero-order valence-corrected chi connectivity index (χ0v) is 26.4. The smallest absolute Gasteiger partial charge is 0.306 e. The van der Waals surface area contributed by atoms with Crippen LogP contribution in [0.3, 0.4) is 0 Å². The third kappa shape index (κ3) is 29.7. The van der Waals surface area contributed by atoms with Crippen LogP contribution in [0.25, 0.3) is 0 Å². The van der Waals surface area contributed by atoms with Crippen molar-refractivity contribution in [2.75, 3.05) is 19.8 Å². The van der Waals surface area contributed by atoms with E-state index in [1.165, 1.54) is 116 Å². The van der Waals surface area contributed by atoms with Crippen LogP contribution in [0.15, 0.2) is 0 Å². The molecule has 0 fully saturated rings. The van der Waals surface area contributed by atoms with Crippen molar-refractivity contribution in [3.8, 4) is 0 Å². The highest BCUT2D eigenvalue weighted by Crippen LogP contribution is 2.14. The van der Waals surface area contributed by atoms with Crippen molar-refractivity contribution in [2.24, 2.45) is 0 Å². The summed E-state index contributed by atoms with van der Waals surface area (Å²) in [7, 11) is 0. The van der Waals surface area contributed by atoms with E-state index in [-0.39, 0.29) is 25.2 Å². The minimum absolute atomic E-state index is 0.0879. The standard InChI is InChI=1S/C34H66O5/c1-4-7-9-11-13-15-17-19-21-23-25-27-33(35)38-31-32(30-37-29-6-3)39-34(36)28-26-24-22-20-18-16-14-12-10-8-5-2/h32H,4-31H2,1-3H3. The molecule has 1 atom stereocenters. The van der Waals surface area contributed by atoms with E-state index in [2.05, 4.69) is 13.8 Å². The first-order chi connectivity index (χ1) is 19.1. The van der Waals surface area contributed by atoms with E-state index in [0.717, 1.165) is 32.1 Å². The van der Waals surface area contributed by atoms with Gasteiger partial charge in [0.15, 0.2) is 6.10 Å². The molecule has 39 heavy (non-hydrogen) atoms. The summed E-state index contributed by atoms with van der Waals surface area (Å²) in [6, 6.07) is 0. The van der Waals surface area contributed by atoms with E-state index in [1.807, 2.05) is 6.92 Å². The Morgan fingerprint density at radius 1 is 0.462 bits per heavy atom. The normalized spacial score (nSPS) is 12.0. The highest BCUT2D eigenvalue weighted by Gasteiger charge is 2.17. The van der Waals surface area contributed by atoms with Crippen molar-refractivity contribution in [1.82, 2.24) is 0 Å². The average Bonchev–Trinajstić information content (AvgIpc) is 2.93. The van der Waals surface area contributed by atoms with Crippen LogP contribution in [0.5, 0.6) is 0 Å².